The maximum absolute atomic E-state index is 14.8. The van der Waals surface area contributed by atoms with E-state index in [1.807, 2.05) is 81.4 Å². The quantitative estimate of drug-likeness (QED) is 0.138. The number of benzene rings is 5. The molecule has 5 rings (SSSR count). The molecule has 0 N–H and O–H groups in total. The van der Waals surface area contributed by atoms with E-state index in [-0.39, 0.29) is 17.9 Å². The van der Waals surface area contributed by atoms with Crippen LogP contribution in [-0.4, -0.2) is 11.3 Å². The van der Waals surface area contributed by atoms with E-state index in [0.29, 0.717) is 33.0 Å². The smallest absolute Gasteiger partial charge is 0.230 e. The molecule has 0 aliphatic heterocycles. The minimum Gasteiger partial charge on any atom is -0.489 e. The Morgan fingerprint density at radius 1 is 0.634 bits per heavy atom. The SMILES string of the molecule is Cc1cc(C)c(C(=O)P(=O)(c2ccccc2)c2ccccc2)c(C)c1COc1ccc(C(=O)c2ccccc2)cc1. The third-order valence-corrected chi connectivity index (χ3v) is 10.3. The largest absolute Gasteiger partial charge is 0.489 e. The van der Waals surface area contributed by atoms with Gasteiger partial charge in [-0.3, -0.25) is 9.59 Å². The lowest BCUT2D eigenvalue weighted by molar-refractivity contribution is 0.103. The number of ether oxygens (including phenoxy) is 1. The minimum atomic E-state index is -3.66. The maximum Gasteiger partial charge on any atom is 0.230 e. The van der Waals surface area contributed by atoms with Gasteiger partial charge in [0.15, 0.2) is 5.78 Å². The van der Waals surface area contributed by atoms with Gasteiger partial charge in [-0.25, -0.2) is 0 Å². The van der Waals surface area contributed by atoms with Gasteiger partial charge in [-0.15, -0.1) is 0 Å². The first-order valence-electron chi connectivity index (χ1n) is 13.5. The van der Waals surface area contributed by atoms with Gasteiger partial charge in [0.2, 0.25) is 12.7 Å². The van der Waals surface area contributed by atoms with Crippen LogP contribution in [0.3, 0.4) is 0 Å². The summed E-state index contributed by atoms with van der Waals surface area (Å²) in [5, 5.41) is 1.03. The van der Waals surface area contributed by atoms with E-state index in [1.165, 1.54) is 0 Å². The second kappa shape index (κ2) is 11.9. The Morgan fingerprint density at radius 3 is 1.66 bits per heavy atom. The highest BCUT2D eigenvalue weighted by molar-refractivity contribution is 7.93. The highest BCUT2D eigenvalue weighted by Gasteiger charge is 2.38. The van der Waals surface area contributed by atoms with Gasteiger partial charge in [0.05, 0.1) is 0 Å². The predicted octanol–water partition coefficient (Wildman–Crippen LogP) is 7.58. The fourth-order valence-electron chi connectivity index (χ4n) is 5.21. The first-order chi connectivity index (χ1) is 19.8. The van der Waals surface area contributed by atoms with Crippen LogP contribution in [0.25, 0.3) is 0 Å². The third kappa shape index (κ3) is 5.57. The molecule has 41 heavy (non-hydrogen) atoms. The number of carbonyl (C=O) groups excluding carboxylic acids is 2. The van der Waals surface area contributed by atoms with E-state index in [9.17, 15) is 14.2 Å². The average molecular weight is 559 g/mol. The zero-order valence-corrected chi connectivity index (χ0v) is 24.2. The van der Waals surface area contributed by atoms with Crippen molar-refractivity contribution < 1.29 is 18.9 Å². The first-order valence-corrected chi connectivity index (χ1v) is 15.2. The molecule has 0 bridgehead atoms. The first kappa shape index (κ1) is 28.0. The van der Waals surface area contributed by atoms with Crippen molar-refractivity contribution in [1.82, 2.24) is 0 Å². The Hall–Kier alpha value is -4.53. The van der Waals surface area contributed by atoms with Crippen molar-refractivity contribution in [2.24, 2.45) is 0 Å². The third-order valence-electron chi connectivity index (χ3n) is 7.41. The molecule has 0 saturated carbocycles. The van der Waals surface area contributed by atoms with Crippen LogP contribution in [0.4, 0.5) is 0 Å². The fraction of sp³-hybridized carbons (Fsp3) is 0.111. The molecule has 5 aromatic carbocycles. The van der Waals surface area contributed by atoms with Gasteiger partial charge in [0.1, 0.15) is 12.4 Å². The van der Waals surface area contributed by atoms with E-state index in [2.05, 4.69) is 0 Å². The molecule has 0 aliphatic rings. The Kier molecular flexibility index (Phi) is 8.14. The highest BCUT2D eigenvalue weighted by Crippen LogP contribution is 2.48. The second-order valence-corrected chi connectivity index (χ2v) is 12.7. The molecule has 0 aromatic heterocycles. The van der Waals surface area contributed by atoms with Gasteiger partial charge in [-0.2, -0.15) is 0 Å². The number of hydrogen-bond donors (Lipinski definition) is 0. The van der Waals surface area contributed by atoms with Crippen LogP contribution in [0.2, 0.25) is 0 Å². The molecule has 204 valence electrons. The highest BCUT2D eigenvalue weighted by atomic mass is 31.2. The van der Waals surface area contributed by atoms with Crippen LogP contribution in [0.1, 0.15) is 48.5 Å². The molecule has 5 aromatic rings. The van der Waals surface area contributed by atoms with E-state index < -0.39 is 7.14 Å². The molecule has 5 heteroatoms. The van der Waals surface area contributed by atoms with Crippen molar-refractivity contribution in [3.63, 3.8) is 0 Å². The summed E-state index contributed by atoms with van der Waals surface area (Å²) in [5.74, 6) is 0.563. The topological polar surface area (TPSA) is 60.4 Å². The van der Waals surface area contributed by atoms with Gasteiger partial charge >= 0.3 is 0 Å². The molecule has 0 saturated heterocycles. The predicted molar refractivity (Wildman–Crippen MR) is 165 cm³/mol. The van der Waals surface area contributed by atoms with Gasteiger partial charge in [-0.1, -0.05) is 97.1 Å². The average Bonchev–Trinajstić information content (AvgIpc) is 3.01. The fourth-order valence-corrected chi connectivity index (χ4v) is 7.82. The minimum absolute atomic E-state index is 0.0493. The molecule has 0 aliphatic carbocycles. The second-order valence-electron chi connectivity index (χ2n) is 10.1. The Balaban J connectivity index is 1.45. The van der Waals surface area contributed by atoms with Gasteiger partial charge in [-0.05, 0) is 67.3 Å². The summed E-state index contributed by atoms with van der Waals surface area (Å²) in [6, 6.07) is 36.2. The summed E-state index contributed by atoms with van der Waals surface area (Å²) < 4.78 is 20.9. The molecular weight excluding hydrogens is 527 g/mol. The zero-order valence-electron chi connectivity index (χ0n) is 23.3. The number of rotatable bonds is 9. The van der Waals surface area contributed by atoms with Crippen LogP contribution in [0, 0.1) is 20.8 Å². The Labute approximate surface area is 241 Å². The van der Waals surface area contributed by atoms with Crippen molar-refractivity contribution in [3.8, 4) is 5.75 Å². The summed E-state index contributed by atoms with van der Waals surface area (Å²) in [6.07, 6.45) is 0. The Morgan fingerprint density at radius 2 is 1.12 bits per heavy atom. The molecular formula is C36H31O4P. The number of hydrogen-bond acceptors (Lipinski definition) is 4. The molecule has 0 spiro atoms. The van der Waals surface area contributed by atoms with Crippen molar-refractivity contribution >= 4 is 29.1 Å². The maximum atomic E-state index is 14.8. The van der Waals surface area contributed by atoms with E-state index in [0.717, 1.165) is 22.3 Å². The van der Waals surface area contributed by atoms with Gasteiger partial charge < -0.3 is 9.30 Å². The molecule has 0 amide bonds. The van der Waals surface area contributed by atoms with Gasteiger partial charge in [0.25, 0.3) is 0 Å². The normalized spacial score (nSPS) is 11.2. The van der Waals surface area contributed by atoms with Crippen molar-refractivity contribution in [3.05, 3.63) is 160 Å². The molecule has 0 radical (unpaired) electrons. The number of carbonyl (C=O) groups is 2. The monoisotopic (exact) mass is 558 g/mol. The molecule has 0 heterocycles. The zero-order chi connectivity index (χ0) is 29.0. The van der Waals surface area contributed by atoms with Crippen LogP contribution in [-0.2, 0) is 11.2 Å². The summed E-state index contributed by atoms with van der Waals surface area (Å²) in [7, 11) is -3.66. The molecule has 4 nitrogen and oxygen atoms in total. The standard InChI is InChI=1S/C36H31O4P/c1-25-23-26(2)34(36(38)41(39,31-15-9-5-10-16-31)32-17-11-6-12-18-32)27(3)33(25)24-40-30-21-19-29(20-22-30)35(37)28-13-7-4-8-14-28/h4-23H,24H2,1-3H3. The van der Waals surface area contributed by atoms with Crippen LogP contribution < -0.4 is 15.3 Å². The Bertz CT molecular complexity index is 1700. The molecule has 0 atom stereocenters. The van der Waals surface area contributed by atoms with Crippen molar-refractivity contribution in [2.45, 2.75) is 27.4 Å². The van der Waals surface area contributed by atoms with Crippen LogP contribution in [0.5, 0.6) is 5.75 Å². The van der Waals surface area contributed by atoms with E-state index in [4.69, 9.17) is 4.74 Å². The van der Waals surface area contributed by atoms with E-state index in [1.54, 1.807) is 60.7 Å². The van der Waals surface area contributed by atoms with Gasteiger partial charge in [0, 0.05) is 27.3 Å². The summed E-state index contributed by atoms with van der Waals surface area (Å²) >= 11 is 0. The summed E-state index contributed by atoms with van der Waals surface area (Å²) in [6.45, 7) is 6.00. The van der Waals surface area contributed by atoms with E-state index >= 15 is 0 Å². The summed E-state index contributed by atoms with van der Waals surface area (Å²) in [5.41, 5.74) is 4.70. The molecule has 0 fully saturated rings. The number of aryl methyl sites for hydroxylation is 2. The summed E-state index contributed by atoms with van der Waals surface area (Å²) in [4.78, 5) is 27.1. The van der Waals surface area contributed by atoms with Crippen LogP contribution >= 0.6 is 7.14 Å². The van der Waals surface area contributed by atoms with Crippen molar-refractivity contribution in [1.29, 1.82) is 0 Å². The lowest BCUT2D eigenvalue weighted by atomic mass is 9.94. The van der Waals surface area contributed by atoms with Crippen LogP contribution in [0.15, 0.2) is 121 Å². The lowest BCUT2D eigenvalue weighted by Crippen LogP contribution is -2.24. The molecule has 0 unspecified atom stereocenters. The number of ketones is 1. The lowest BCUT2D eigenvalue weighted by Gasteiger charge is -2.22. The van der Waals surface area contributed by atoms with Crippen molar-refractivity contribution in [2.75, 3.05) is 0 Å².